The van der Waals surface area contributed by atoms with Crippen molar-refractivity contribution < 1.29 is 44.5 Å². The molecule has 4 radical (unpaired) electrons. The van der Waals surface area contributed by atoms with E-state index in [1.807, 2.05) is 0 Å². The molecule has 0 aliphatic heterocycles. The molecule has 5 nitrogen and oxygen atoms in total. The van der Waals surface area contributed by atoms with Crippen molar-refractivity contribution in [2.75, 3.05) is 0 Å². The van der Waals surface area contributed by atoms with Gasteiger partial charge in [0.05, 0.1) is 5.56 Å². The van der Waals surface area contributed by atoms with Gasteiger partial charge in [-0.25, -0.2) is 4.79 Å². The Kier molecular flexibility index (Phi) is 5.16. The van der Waals surface area contributed by atoms with Gasteiger partial charge < -0.3 is 4.74 Å². The predicted molar refractivity (Wildman–Crippen MR) is 69.0 cm³/mol. The Bertz CT molecular complexity index is 699. The average Bonchev–Trinajstić information content (AvgIpc) is 2.31. The zero-order valence-electron chi connectivity index (χ0n) is 10.8. The molecule has 0 aliphatic carbocycles. The summed E-state index contributed by atoms with van der Waals surface area (Å²) in [6, 6.07) is 2.67. The maximum absolute atomic E-state index is 13.2. The van der Waals surface area contributed by atoms with Gasteiger partial charge in [-0.3, -0.25) is 4.55 Å². The number of alkyl halides is 5. The van der Waals surface area contributed by atoms with E-state index in [1.54, 1.807) is 0 Å². The predicted octanol–water partition coefficient (Wildman–Crippen LogP) is -0.158. The largest absolute Gasteiger partial charge is 0.441 e. The minimum absolute atomic E-state index is 0.179. The van der Waals surface area contributed by atoms with E-state index in [1.165, 1.54) is 0 Å². The van der Waals surface area contributed by atoms with Gasteiger partial charge in [-0.1, -0.05) is 29.1 Å². The summed E-state index contributed by atoms with van der Waals surface area (Å²) in [6.45, 7) is 0. The minimum Gasteiger partial charge on any atom is -0.441 e. The first-order valence-corrected chi connectivity index (χ1v) is 6.89. The van der Waals surface area contributed by atoms with Gasteiger partial charge in [-0.05, 0) is 0 Å². The van der Waals surface area contributed by atoms with E-state index in [-0.39, 0.29) is 10.9 Å². The molecular formula is C10H5B2F5O5S. The molecule has 0 saturated heterocycles. The van der Waals surface area contributed by atoms with Gasteiger partial charge in [0.15, 0.2) is 0 Å². The van der Waals surface area contributed by atoms with Crippen molar-refractivity contribution in [3.05, 3.63) is 23.8 Å². The highest BCUT2D eigenvalue weighted by molar-refractivity contribution is 7.86. The molecule has 1 atom stereocenters. The van der Waals surface area contributed by atoms with Crippen LogP contribution in [0.1, 0.15) is 10.4 Å². The molecule has 0 bridgehead atoms. The Labute approximate surface area is 129 Å². The first-order chi connectivity index (χ1) is 10.2. The summed E-state index contributed by atoms with van der Waals surface area (Å²) in [6.07, 6.45) is -10.4. The molecule has 0 heterocycles. The lowest BCUT2D eigenvalue weighted by atomic mass is 9.85. The molecule has 1 rings (SSSR count). The highest BCUT2D eigenvalue weighted by atomic mass is 32.2. The summed E-state index contributed by atoms with van der Waals surface area (Å²) in [5, 5.41) is -5.81. The van der Waals surface area contributed by atoms with Gasteiger partial charge in [0.25, 0.3) is 6.10 Å². The fraction of sp³-hybridized carbons (Fsp3) is 0.300. The van der Waals surface area contributed by atoms with Crippen molar-refractivity contribution in [2.24, 2.45) is 0 Å². The second kappa shape index (κ2) is 6.11. The van der Waals surface area contributed by atoms with Crippen molar-refractivity contribution in [2.45, 2.75) is 17.5 Å². The number of hydrogen-bond acceptors (Lipinski definition) is 4. The molecule has 1 N–H and O–H groups in total. The van der Waals surface area contributed by atoms with Gasteiger partial charge in [0.1, 0.15) is 15.7 Å². The summed E-state index contributed by atoms with van der Waals surface area (Å²) in [4.78, 5) is 11.5. The van der Waals surface area contributed by atoms with Crippen LogP contribution in [0, 0.1) is 0 Å². The monoisotopic (exact) mass is 354 g/mol. The summed E-state index contributed by atoms with van der Waals surface area (Å²) in [7, 11) is 4.04. The number of ether oxygens (including phenoxy) is 1. The minimum atomic E-state index is -6.51. The Balaban J connectivity index is 3.25. The lowest BCUT2D eigenvalue weighted by Crippen LogP contribution is -2.52. The number of carbonyl (C=O) groups excluding carboxylic acids is 1. The van der Waals surface area contributed by atoms with Crippen molar-refractivity contribution in [3.63, 3.8) is 0 Å². The summed E-state index contributed by atoms with van der Waals surface area (Å²) in [5.74, 6) is -1.96. The zero-order chi connectivity index (χ0) is 18.2. The van der Waals surface area contributed by atoms with Gasteiger partial charge >= 0.3 is 27.5 Å². The van der Waals surface area contributed by atoms with E-state index >= 15 is 0 Å². The fourth-order valence-electron chi connectivity index (χ4n) is 1.43. The first-order valence-electron chi connectivity index (χ1n) is 5.45. The molecule has 1 aromatic rings. The molecule has 122 valence electrons. The first kappa shape index (κ1) is 19.4. The van der Waals surface area contributed by atoms with Crippen LogP contribution >= 0.6 is 0 Å². The Morgan fingerprint density at radius 3 is 1.87 bits per heavy atom. The van der Waals surface area contributed by atoms with Gasteiger partial charge in [0, 0.05) is 0 Å². The number of esters is 1. The Morgan fingerprint density at radius 2 is 1.52 bits per heavy atom. The lowest BCUT2D eigenvalue weighted by Gasteiger charge is -2.26. The highest BCUT2D eigenvalue weighted by Gasteiger charge is 2.66. The van der Waals surface area contributed by atoms with E-state index in [0.29, 0.717) is 0 Å². The maximum Gasteiger partial charge on any atom is 0.432 e. The summed E-state index contributed by atoms with van der Waals surface area (Å²) in [5.41, 5.74) is -1.08. The quantitative estimate of drug-likeness (QED) is 0.352. The van der Waals surface area contributed by atoms with Crippen molar-refractivity contribution >= 4 is 42.7 Å². The van der Waals surface area contributed by atoms with Crippen molar-refractivity contribution in [1.82, 2.24) is 0 Å². The fourth-order valence-corrected chi connectivity index (χ4v) is 1.88. The van der Waals surface area contributed by atoms with E-state index in [2.05, 4.69) is 4.74 Å². The molecule has 0 aliphatic rings. The molecule has 23 heavy (non-hydrogen) atoms. The number of carbonyl (C=O) groups is 1. The Hall–Kier alpha value is -1.62. The lowest BCUT2D eigenvalue weighted by molar-refractivity contribution is -0.248. The third kappa shape index (κ3) is 4.44. The van der Waals surface area contributed by atoms with Crippen LogP contribution in [-0.2, 0) is 14.9 Å². The molecule has 1 unspecified atom stereocenters. The molecule has 0 fully saturated rings. The van der Waals surface area contributed by atoms with Crippen molar-refractivity contribution in [1.29, 1.82) is 0 Å². The number of hydrogen-bond donors (Lipinski definition) is 1. The number of benzene rings is 1. The maximum atomic E-state index is 13.2. The summed E-state index contributed by atoms with van der Waals surface area (Å²) >= 11 is 0. The van der Waals surface area contributed by atoms with Gasteiger partial charge in [-0.2, -0.15) is 30.4 Å². The summed E-state index contributed by atoms with van der Waals surface area (Å²) < 4.78 is 96.9. The molecule has 1 aromatic carbocycles. The third-order valence-electron chi connectivity index (χ3n) is 2.38. The van der Waals surface area contributed by atoms with Crippen LogP contribution in [0.2, 0.25) is 0 Å². The van der Waals surface area contributed by atoms with E-state index in [4.69, 9.17) is 20.2 Å². The van der Waals surface area contributed by atoms with Gasteiger partial charge in [0.2, 0.25) is 0 Å². The smallest absolute Gasteiger partial charge is 0.432 e. The van der Waals surface area contributed by atoms with E-state index in [9.17, 15) is 35.2 Å². The van der Waals surface area contributed by atoms with Crippen LogP contribution in [0.15, 0.2) is 18.2 Å². The molecule has 0 saturated carbocycles. The topological polar surface area (TPSA) is 80.7 Å². The van der Waals surface area contributed by atoms with Crippen LogP contribution in [0.5, 0.6) is 0 Å². The van der Waals surface area contributed by atoms with Crippen LogP contribution in [0.3, 0.4) is 0 Å². The van der Waals surface area contributed by atoms with Crippen LogP contribution in [0.4, 0.5) is 22.0 Å². The number of halogens is 5. The molecule has 0 spiro atoms. The second-order valence-corrected chi connectivity index (χ2v) is 5.75. The van der Waals surface area contributed by atoms with E-state index < -0.39 is 39.2 Å². The molecule has 0 amide bonds. The molecule has 0 aromatic heterocycles. The van der Waals surface area contributed by atoms with E-state index in [0.717, 1.165) is 18.2 Å². The van der Waals surface area contributed by atoms with Crippen LogP contribution in [0.25, 0.3) is 0 Å². The highest BCUT2D eigenvalue weighted by Crippen LogP contribution is 2.38. The second-order valence-electron chi connectivity index (χ2n) is 4.25. The standard InChI is InChI=1S/C10H5B2F5O5S/c11-5-1-4(2-6(12)3-5)7(18)22-8(9(13,14)15)10(16,17)23(19,20)21/h1-3,8H,(H,19,20,21). The third-order valence-corrected chi connectivity index (χ3v) is 3.29. The average molecular weight is 354 g/mol. The molecular weight excluding hydrogens is 349 g/mol. The SMILES string of the molecule is [B]c1cc([B])cc(C(=O)OC(C(F)(F)F)C(F)(F)S(=O)(=O)O)c1. The van der Waals surface area contributed by atoms with Crippen molar-refractivity contribution in [3.8, 4) is 0 Å². The van der Waals surface area contributed by atoms with Crippen LogP contribution < -0.4 is 10.9 Å². The van der Waals surface area contributed by atoms with Crippen LogP contribution in [-0.4, -0.2) is 52.2 Å². The normalized spacial score (nSPS) is 14.3. The zero-order valence-corrected chi connectivity index (χ0v) is 11.7. The Morgan fingerprint density at radius 1 is 1.09 bits per heavy atom. The number of rotatable bonds is 4. The molecule has 13 heteroatoms. The van der Waals surface area contributed by atoms with Gasteiger partial charge in [-0.15, -0.1) is 0 Å².